The van der Waals surface area contributed by atoms with Crippen molar-refractivity contribution in [1.82, 2.24) is 0 Å². The summed E-state index contributed by atoms with van der Waals surface area (Å²) in [5, 5.41) is 8.80. The van der Waals surface area contributed by atoms with Gasteiger partial charge in [-0.15, -0.1) is 0 Å². The number of hydrogen-bond donors (Lipinski definition) is 1. The van der Waals surface area contributed by atoms with Gasteiger partial charge in [-0.3, -0.25) is 4.79 Å². The summed E-state index contributed by atoms with van der Waals surface area (Å²) in [7, 11) is 4.20. The molecule has 6 heteroatoms. The van der Waals surface area contributed by atoms with Crippen LogP contribution in [-0.2, 0) is 14.3 Å². The molecule has 0 heterocycles. The maximum Gasteiger partial charge on any atom is 0.334 e. The van der Waals surface area contributed by atoms with Gasteiger partial charge in [-0.2, -0.15) is 0 Å². The van der Waals surface area contributed by atoms with Gasteiger partial charge in [0, 0.05) is 5.57 Å². The minimum absolute atomic E-state index is 0.0484. The van der Waals surface area contributed by atoms with E-state index in [2.05, 4.69) is 4.74 Å². The molecule has 1 aromatic carbocycles. The molecule has 1 rings (SSSR count). The topological polar surface area (TPSA) is 82.1 Å². The van der Waals surface area contributed by atoms with E-state index in [1.807, 2.05) is 0 Å². The average molecular weight is 280 g/mol. The van der Waals surface area contributed by atoms with E-state index in [0.717, 1.165) is 0 Å². The molecule has 0 atom stereocenters. The van der Waals surface area contributed by atoms with Crippen molar-refractivity contribution >= 4 is 18.0 Å². The van der Waals surface area contributed by atoms with Crippen LogP contribution in [0.25, 0.3) is 6.08 Å². The summed E-state index contributed by atoms with van der Waals surface area (Å²) in [6.45, 7) is 0. The van der Waals surface area contributed by atoms with Gasteiger partial charge in [-0.1, -0.05) is 6.07 Å². The van der Waals surface area contributed by atoms with Gasteiger partial charge in [0.2, 0.25) is 0 Å². The molecule has 0 spiro atoms. The molecule has 1 aromatic rings. The first kappa shape index (κ1) is 15.6. The van der Waals surface area contributed by atoms with E-state index in [0.29, 0.717) is 17.1 Å². The summed E-state index contributed by atoms with van der Waals surface area (Å²) in [6, 6.07) is 5.00. The fraction of sp³-hybridized carbons (Fsp3) is 0.286. The van der Waals surface area contributed by atoms with Crippen LogP contribution in [-0.4, -0.2) is 38.4 Å². The van der Waals surface area contributed by atoms with Crippen molar-refractivity contribution in [3.63, 3.8) is 0 Å². The Labute approximate surface area is 116 Å². The van der Waals surface area contributed by atoms with Crippen molar-refractivity contribution in [1.29, 1.82) is 0 Å². The Kier molecular flexibility index (Phi) is 5.58. The van der Waals surface area contributed by atoms with Crippen molar-refractivity contribution in [2.45, 2.75) is 6.42 Å². The molecule has 0 saturated heterocycles. The number of benzene rings is 1. The lowest BCUT2D eigenvalue weighted by Crippen LogP contribution is -2.09. The number of rotatable bonds is 6. The lowest BCUT2D eigenvalue weighted by molar-refractivity contribution is -0.141. The molecule has 0 amide bonds. The van der Waals surface area contributed by atoms with Crippen LogP contribution >= 0.6 is 0 Å². The highest BCUT2D eigenvalue weighted by Gasteiger charge is 2.14. The first-order chi connectivity index (χ1) is 9.51. The maximum atomic E-state index is 11.5. The Bertz CT molecular complexity index is 532. The number of carbonyl (C=O) groups is 2. The Morgan fingerprint density at radius 2 is 1.80 bits per heavy atom. The van der Waals surface area contributed by atoms with E-state index in [4.69, 9.17) is 14.6 Å². The zero-order valence-corrected chi connectivity index (χ0v) is 11.5. The third-order valence-corrected chi connectivity index (χ3v) is 2.54. The molecular formula is C14H16O6. The molecule has 0 aliphatic carbocycles. The predicted molar refractivity (Wildman–Crippen MR) is 71.8 cm³/mol. The number of carboxylic acid groups (broad SMARTS) is 1. The van der Waals surface area contributed by atoms with E-state index in [9.17, 15) is 9.59 Å². The lowest BCUT2D eigenvalue weighted by atomic mass is 10.1. The molecule has 0 unspecified atom stereocenters. The largest absolute Gasteiger partial charge is 0.493 e. The van der Waals surface area contributed by atoms with Gasteiger partial charge in [-0.05, 0) is 23.8 Å². The van der Waals surface area contributed by atoms with Crippen LogP contribution in [0.2, 0.25) is 0 Å². The molecule has 1 N–H and O–H groups in total. The lowest BCUT2D eigenvalue weighted by Gasteiger charge is -2.08. The van der Waals surface area contributed by atoms with E-state index in [1.165, 1.54) is 27.4 Å². The number of esters is 1. The second-order valence-electron chi connectivity index (χ2n) is 3.85. The molecule has 0 aliphatic rings. The Morgan fingerprint density at radius 3 is 2.30 bits per heavy atom. The standard InChI is InChI=1S/C14H16O6/c1-18-11-5-4-9(7-12(11)19-2)6-10(8-13(15)16)14(17)20-3/h4-7H,8H2,1-3H3,(H,15,16)/b10-6-. The SMILES string of the molecule is COC(=O)/C(=C\c1ccc(OC)c(OC)c1)CC(=O)O. The fourth-order valence-corrected chi connectivity index (χ4v) is 1.62. The fourth-order valence-electron chi connectivity index (χ4n) is 1.62. The zero-order chi connectivity index (χ0) is 15.1. The minimum Gasteiger partial charge on any atom is -0.493 e. The number of aliphatic carboxylic acids is 1. The Morgan fingerprint density at radius 1 is 1.15 bits per heavy atom. The van der Waals surface area contributed by atoms with Crippen LogP contribution in [0, 0.1) is 0 Å². The van der Waals surface area contributed by atoms with Gasteiger partial charge in [0.25, 0.3) is 0 Å². The first-order valence-electron chi connectivity index (χ1n) is 5.74. The third-order valence-electron chi connectivity index (χ3n) is 2.54. The van der Waals surface area contributed by atoms with Crippen molar-refractivity contribution in [3.8, 4) is 11.5 Å². The average Bonchev–Trinajstić information content (AvgIpc) is 2.45. The molecular weight excluding hydrogens is 264 g/mol. The van der Waals surface area contributed by atoms with Gasteiger partial charge in [0.1, 0.15) is 0 Å². The van der Waals surface area contributed by atoms with Gasteiger partial charge in [-0.25, -0.2) is 4.79 Å². The van der Waals surface area contributed by atoms with Crippen molar-refractivity contribution < 1.29 is 28.9 Å². The van der Waals surface area contributed by atoms with E-state index in [1.54, 1.807) is 18.2 Å². The maximum absolute atomic E-state index is 11.5. The molecule has 0 aromatic heterocycles. The second-order valence-corrected chi connectivity index (χ2v) is 3.85. The number of methoxy groups -OCH3 is 3. The second kappa shape index (κ2) is 7.18. The van der Waals surface area contributed by atoms with Crippen molar-refractivity contribution in [3.05, 3.63) is 29.3 Å². The van der Waals surface area contributed by atoms with Crippen LogP contribution in [0.15, 0.2) is 23.8 Å². The summed E-state index contributed by atoms with van der Waals surface area (Å²) in [5.74, 6) is -0.757. The number of carboxylic acids is 1. The van der Waals surface area contributed by atoms with Gasteiger partial charge >= 0.3 is 11.9 Å². The number of carbonyl (C=O) groups excluding carboxylic acids is 1. The molecule has 0 aliphatic heterocycles. The number of hydrogen-bond acceptors (Lipinski definition) is 5. The quantitative estimate of drug-likeness (QED) is 0.631. The summed E-state index contributed by atoms with van der Waals surface area (Å²) in [5.41, 5.74) is 0.663. The van der Waals surface area contributed by atoms with E-state index in [-0.39, 0.29) is 5.57 Å². The minimum atomic E-state index is -1.11. The highest BCUT2D eigenvalue weighted by Crippen LogP contribution is 2.28. The van der Waals surface area contributed by atoms with Gasteiger partial charge in [0.05, 0.1) is 27.8 Å². The van der Waals surface area contributed by atoms with Crippen LogP contribution in [0.5, 0.6) is 11.5 Å². The molecule has 20 heavy (non-hydrogen) atoms. The molecule has 0 radical (unpaired) electrons. The van der Waals surface area contributed by atoms with Gasteiger partial charge < -0.3 is 19.3 Å². The smallest absolute Gasteiger partial charge is 0.334 e. The van der Waals surface area contributed by atoms with Crippen LogP contribution in [0.4, 0.5) is 0 Å². The van der Waals surface area contributed by atoms with Gasteiger partial charge in [0.15, 0.2) is 11.5 Å². The molecule has 0 fully saturated rings. The number of ether oxygens (including phenoxy) is 3. The highest BCUT2D eigenvalue weighted by molar-refractivity contribution is 5.97. The van der Waals surface area contributed by atoms with Crippen LogP contribution < -0.4 is 9.47 Å². The Hall–Kier alpha value is -2.50. The molecule has 6 nitrogen and oxygen atoms in total. The first-order valence-corrected chi connectivity index (χ1v) is 5.74. The van der Waals surface area contributed by atoms with E-state index < -0.39 is 18.4 Å². The molecule has 108 valence electrons. The molecule has 0 saturated carbocycles. The summed E-state index contributed by atoms with van der Waals surface area (Å²) in [4.78, 5) is 22.3. The Balaban J connectivity index is 3.16. The van der Waals surface area contributed by atoms with Crippen LogP contribution in [0.1, 0.15) is 12.0 Å². The zero-order valence-electron chi connectivity index (χ0n) is 11.5. The predicted octanol–water partition coefficient (Wildman–Crippen LogP) is 1.73. The highest BCUT2D eigenvalue weighted by atomic mass is 16.5. The molecule has 0 bridgehead atoms. The monoisotopic (exact) mass is 280 g/mol. The van der Waals surface area contributed by atoms with Crippen LogP contribution in [0.3, 0.4) is 0 Å². The summed E-state index contributed by atoms with van der Waals surface area (Å²) in [6.07, 6.45) is 1.03. The van der Waals surface area contributed by atoms with E-state index >= 15 is 0 Å². The normalized spacial score (nSPS) is 10.8. The van der Waals surface area contributed by atoms with Crippen molar-refractivity contribution in [2.75, 3.05) is 21.3 Å². The summed E-state index contributed by atoms with van der Waals surface area (Å²) < 4.78 is 14.8. The van der Waals surface area contributed by atoms with Crippen molar-refractivity contribution in [2.24, 2.45) is 0 Å². The third kappa shape index (κ3) is 4.01. The summed E-state index contributed by atoms with van der Waals surface area (Å²) >= 11 is 0.